The minimum Gasteiger partial charge on any atom is -0.497 e. The van der Waals surface area contributed by atoms with Gasteiger partial charge < -0.3 is 9.57 Å². The molecule has 0 heterocycles. The molecule has 112 valence electrons. The lowest BCUT2D eigenvalue weighted by Crippen LogP contribution is -2.02. The summed E-state index contributed by atoms with van der Waals surface area (Å²) in [6, 6.07) is 12.2. The fourth-order valence-electron chi connectivity index (χ4n) is 1.62. The Morgan fingerprint density at radius 3 is 2.59 bits per heavy atom. The van der Waals surface area contributed by atoms with Gasteiger partial charge in [-0.3, -0.25) is 10.1 Å². The van der Waals surface area contributed by atoms with Gasteiger partial charge in [-0.15, -0.1) is 0 Å². The molecule has 0 saturated heterocycles. The molecular weight excluding hydrogens is 288 g/mol. The molecule has 0 aliphatic heterocycles. The van der Waals surface area contributed by atoms with Crippen LogP contribution in [0.3, 0.4) is 0 Å². The number of nitro benzene ring substituents is 1. The average Bonchev–Trinajstić information content (AvgIpc) is 2.55. The minimum atomic E-state index is -0.770. The first kappa shape index (κ1) is 15.2. The first-order valence-electron chi connectivity index (χ1n) is 6.23. The molecule has 22 heavy (non-hydrogen) atoms. The molecule has 0 fully saturated rings. The Kier molecular flexibility index (Phi) is 4.81. The van der Waals surface area contributed by atoms with Crippen molar-refractivity contribution in [2.45, 2.75) is 0 Å². The molecule has 0 aliphatic rings. The van der Waals surface area contributed by atoms with E-state index in [1.807, 2.05) is 0 Å². The second-order valence-corrected chi connectivity index (χ2v) is 4.19. The Morgan fingerprint density at radius 2 is 1.95 bits per heavy atom. The highest BCUT2D eigenvalue weighted by Crippen LogP contribution is 2.14. The van der Waals surface area contributed by atoms with Crippen molar-refractivity contribution in [3.63, 3.8) is 0 Å². The lowest BCUT2D eigenvalue weighted by atomic mass is 10.2. The number of nitro groups is 1. The lowest BCUT2D eigenvalue weighted by Gasteiger charge is -1.99. The Labute approximate surface area is 125 Å². The number of nitrogens with zero attached hydrogens (tertiary/aromatic N) is 2. The zero-order valence-electron chi connectivity index (χ0n) is 11.6. The SMILES string of the molecule is COc1ccc(C=NOC(=O)c2cccc([N+](=O)[O-])c2)cc1. The van der Waals surface area contributed by atoms with E-state index in [0.29, 0.717) is 11.3 Å². The summed E-state index contributed by atoms with van der Waals surface area (Å²) in [6.07, 6.45) is 1.36. The first-order valence-corrected chi connectivity index (χ1v) is 6.23. The van der Waals surface area contributed by atoms with E-state index in [9.17, 15) is 14.9 Å². The molecule has 0 unspecified atom stereocenters. The first-order chi connectivity index (χ1) is 10.6. The molecule has 0 aliphatic carbocycles. The number of oxime groups is 1. The van der Waals surface area contributed by atoms with Gasteiger partial charge in [-0.05, 0) is 35.9 Å². The van der Waals surface area contributed by atoms with Crippen LogP contribution in [0.25, 0.3) is 0 Å². The summed E-state index contributed by atoms with van der Waals surface area (Å²) in [5, 5.41) is 14.2. The fraction of sp³-hybridized carbons (Fsp3) is 0.0667. The Bertz CT molecular complexity index is 710. The molecule has 2 rings (SSSR count). The van der Waals surface area contributed by atoms with Gasteiger partial charge in [0, 0.05) is 12.1 Å². The summed E-state index contributed by atoms with van der Waals surface area (Å²) in [5.41, 5.74) is 0.585. The van der Waals surface area contributed by atoms with Gasteiger partial charge in [0.15, 0.2) is 0 Å². The molecule has 0 N–H and O–H groups in total. The maximum Gasteiger partial charge on any atom is 0.365 e. The van der Waals surface area contributed by atoms with E-state index in [1.165, 1.54) is 24.4 Å². The number of carbonyl (C=O) groups excluding carboxylic acids is 1. The maximum absolute atomic E-state index is 11.7. The Hall–Kier alpha value is -3.22. The van der Waals surface area contributed by atoms with Crippen LogP contribution in [0.2, 0.25) is 0 Å². The topological polar surface area (TPSA) is 91.0 Å². The van der Waals surface area contributed by atoms with Gasteiger partial charge in [0.25, 0.3) is 5.69 Å². The zero-order chi connectivity index (χ0) is 15.9. The number of carbonyl (C=O) groups is 1. The second-order valence-electron chi connectivity index (χ2n) is 4.19. The van der Waals surface area contributed by atoms with E-state index in [0.717, 1.165) is 6.07 Å². The molecule has 7 heteroatoms. The molecule has 2 aromatic rings. The molecule has 0 radical (unpaired) electrons. The van der Waals surface area contributed by atoms with Gasteiger partial charge >= 0.3 is 5.97 Å². The standard InChI is InChI=1S/C15H12N2O5/c1-21-14-7-5-11(6-8-14)10-16-22-15(18)12-3-2-4-13(9-12)17(19)20/h2-10H,1H3. The van der Waals surface area contributed by atoms with Crippen molar-refractivity contribution in [2.75, 3.05) is 7.11 Å². The average molecular weight is 300 g/mol. The third-order valence-corrected chi connectivity index (χ3v) is 2.75. The van der Waals surface area contributed by atoms with Crippen molar-refractivity contribution in [3.8, 4) is 5.75 Å². The number of rotatable bonds is 5. The molecule has 0 bridgehead atoms. The zero-order valence-corrected chi connectivity index (χ0v) is 11.6. The van der Waals surface area contributed by atoms with Crippen LogP contribution in [-0.4, -0.2) is 24.2 Å². The van der Waals surface area contributed by atoms with E-state index in [1.54, 1.807) is 31.4 Å². The summed E-state index contributed by atoms with van der Waals surface area (Å²) in [4.78, 5) is 26.5. The molecule has 0 atom stereocenters. The number of hydrogen-bond acceptors (Lipinski definition) is 6. The normalized spacial score (nSPS) is 10.4. The smallest absolute Gasteiger partial charge is 0.365 e. The van der Waals surface area contributed by atoms with Gasteiger partial charge in [0.2, 0.25) is 0 Å². The van der Waals surface area contributed by atoms with Gasteiger partial charge in [0.05, 0.1) is 23.8 Å². The highest BCUT2D eigenvalue weighted by atomic mass is 16.7. The summed E-state index contributed by atoms with van der Waals surface area (Å²) >= 11 is 0. The predicted octanol–water partition coefficient (Wildman–Crippen LogP) is 2.79. The van der Waals surface area contributed by atoms with Gasteiger partial charge in [-0.1, -0.05) is 11.2 Å². The quantitative estimate of drug-likeness (QED) is 0.366. The third-order valence-electron chi connectivity index (χ3n) is 2.75. The van der Waals surface area contributed by atoms with Gasteiger partial charge in [-0.25, -0.2) is 4.79 Å². The monoisotopic (exact) mass is 300 g/mol. The van der Waals surface area contributed by atoms with Crippen molar-refractivity contribution in [1.82, 2.24) is 0 Å². The largest absolute Gasteiger partial charge is 0.497 e. The van der Waals surface area contributed by atoms with Crippen LogP contribution in [0, 0.1) is 10.1 Å². The van der Waals surface area contributed by atoms with Crippen molar-refractivity contribution in [2.24, 2.45) is 5.16 Å². The molecular formula is C15H12N2O5. The van der Waals surface area contributed by atoms with Gasteiger partial charge in [0.1, 0.15) is 5.75 Å². The van der Waals surface area contributed by atoms with E-state index >= 15 is 0 Å². The number of hydrogen-bond donors (Lipinski definition) is 0. The maximum atomic E-state index is 11.7. The van der Waals surface area contributed by atoms with Crippen LogP contribution in [-0.2, 0) is 4.84 Å². The fourth-order valence-corrected chi connectivity index (χ4v) is 1.62. The Balaban J connectivity index is 2.01. The highest BCUT2D eigenvalue weighted by Gasteiger charge is 2.12. The van der Waals surface area contributed by atoms with Crippen LogP contribution >= 0.6 is 0 Å². The summed E-state index contributed by atoms with van der Waals surface area (Å²) in [7, 11) is 1.56. The third kappa shape index (κ3) is 3.89. The van der Waals surface area contributed by atoms with Crippen LogP contribution in [0.4, 0.5) is 5.69 Å². The van der Waals surface area contributed by atoms with Crippen molar-refractivity contribution in [3.05, 3.63) is 69.8 Å². The van der Waals surface area contributed by atoms with Crippen molar-refractivity contribution >= 4 is 17.9 Å². The molecule has 0 spiro atoms. The van der Waals surface area contributed by atoms with Crippen LogP contribution < -0.4 is 4.74 Å². The molecule has 7 nitrogen and oxygen atoms in total. The van der Waals surface area contributed by atoms with E-state index in [-0.39, 0.29) is 11.3 Å². The van der Waals surface area contributed by atoms with E-state index < -0.39 is 10.9 Å². The van der Waals surface area contributed by atoms with E-state index in [2.05, 4.69) is 5.16 Å². The minimum absolute atomic E-state index is 0.0566. The van der Waals surface area contributed by atoms with Crippen molar-refractivity contribution < 1.29 is 19.3 Å². The van der Waals surface area contributed by atoms with Crippen molar-refractivity contribution in [1.29, 1.82) is 0 Å². The molecule has 0 amide bonds. The number of benzene rings is 2. The molecule has 2 aromatic carbocycles. The number of ether oxygens (including phenoxy) is 1. The second kappa shape index (κ2) is 6.98. The summed E-state index contributed by atoms with van der Waals surface area (Å²) in [6.45, 7) is 0. The van der Waals surface area contributed by atoms with E-state index in [4.69, 9.17) is 9.57 Å². The highest BCUT2D eigenvalue weighted by molar-refractivity contribution is 5.90. The van der Waals surface area contributed by atoms with Crippen LogP contribution in [0.15, 0.2) is 53.7 Å². The van der Waals surface area contributed by atoms with Gasteiger partial charge in [-0.2, -0.15) is 0 Å². The Morgan fingerprint density at radius 1 is 1.23 bits per heavy atom. The predicted molar refractivity (Wildman–Crippen MR) is 79.1 cm³/mol. The summed E-state index contributed by atoms with van der Waals surface area (Å²) in [5.74, 6) is -0.0702. The van der Waals surface area contributed by atoms with Crippen LogP contribution in [0.5, 0.6) is 5.75 Å². The van der Waals surface area contributed by atoms with Crippen LogP contribution in [0.1, 0.15) is 15.9 Å². The lowest BCUT2D eigenvalue weighted by molar-refractivity contribution is -0.384. The number of methoxy groups -OCH3 is 1. The number of non-ortho nitro benzene ring substituents is 1. The molecule has 0 aromatic heterocycles. The molecule has 0 saturated carbocycles. The summed E-state index contributed by atoms with van der Waals surface area (Å²) < 4.78 is 5.02.